The summed E-state index contributed by atoms with van der Waals surface area (Å²) in [6, 6.07) is 9.31. The molecule has 1 aromatic heterocycles. The quantitative estimate of drug-likeness (QED) is 0.714. The maximum absolute atomic E-state index is 13.2. The van der Waals surface area contributed by atoms with Crippen LogP contribution in [0.5, 0.6) is 0 Å². The second-order valence-electron chi connectivity index (χ2n) is 3.88. The number of hydrogen-bond donors (Lipinski definition) is 1. The van der Waals surface area contributed by atoms with Crippen molar-refractivity contribution in [2.45, 2.75) is 0 Å². The Bertz CT molecular complexity index is 737. The molecule has 2 nitrogen and oxygen atoms in total. The predicted octanol–water partition coefficient (Wildman–Crippen LogP) is 4.27. The minimum Gasteiger partial charge on any atom is -0.338 e. The fourth-order valence-electron chi connectivity index (χ4n) is 1.76. The number of fused-ring (bicyclic) bond motifs is 1. The van der Waals surface area contributed by atoms with Crippen LogP contribution in [0.1, 0.15) is 0 Å². The number of aromatic amines is 1. The SMILES string of the molecule is Fc1ccc(-c2nc3ccc(Br)cc3[nH]2)cc1F. The van der Waals surface area contributed by atoms with Gasteiger partial charge in [-0.1, -0.05) is 15.9 Å². The van der Waals surface area contributed by atoms with E-state index in [1.807, 2.05) is 18.2 Å². The Morgan fingerprint density at radius 1 is 1.00 bits per heavy atom. The lowest BCUT2D eigenvalue weighted by Gasteiger charge is -1.97. The lowest BCUT2D eigenvalue weighted by molar-refractivity contribution is 0.509. The Morgan fingerprint density at radius 3 is 2.61 bits per heavy atom. The summed E-state index contributed by atoms with van der Waals surface area (Å²) in [5.74, 6) is -1.23. The summed E-state index contributed by atoms with van der Waals surface area (Å²) in [6.07, 6.45) is 0. The van der Waals surface area contributed by atoms with Crippen LogP contribution in [0.2, 0.25) is 0 Å². The first-order valence-corrected chi connectivity index (χ1v) is 6.03. The molecule has 90 valence electrons. The maximum atomic E-state index is 13.2. The van der Waals surface area contributed by atoms with Gasteiger partial charge in [0.25, 0.3) is 0 Å². The van der Waals surface area contributed by atoms with Crippen LogP contribution in [0, 0.1) is 11.6 Å². The molecule has 0 aliphatic heterocycles. The number of rotatable bonds is 1. The Balaban J connectivity index is 2.16. The number of halogens is 3. The van der Waals surface area contributed by atoms with Crippen LogP contribution in [-0.2, 0) is 0 Å². The standard InChI is InChI=1S/C13H7BrF2N2/c14-8-2-4-11-12(6-8)18-13(17-11)7-1-3-9(15)10(16)5-7/h1-6H,(H,17,18). The van der Waals surface area contributed by atoms with Gasteiger partial charge < -0.3 is 4.98 Å². The van der Waals surface area contributed by atoms with Crippen molar-refractivity contribution in [3.8, 4) is 11.4 Å². The van der Waals surface area contributed by atoms with Gasteiger partial charge in [-0.25, -0.2) is 13.8 Å². The molecule has 0 saturated heterocycles. The number of nitrogens with one attached hydrogen (secondary N) is 1. The zero-order chi connectivity index (χ0) is 12.7. The fraction of sp³-hybridized carbons (Fsp3) is 0. The summed E-state index contributed by atoms with van der Waals surface area (Å²) in [7, 11) is 0. The second kappa shape index (κ2) is 4.17. The third kappa shape index (κ3) is 1.90. The Hall–Kier alpha value is -1.75. The summed E-state index contributed by atoms with van der Waals surface area (Å²) >= 11 is 3.36. The number of imidazole rings is 1. The monoisotopic (exact) mass is 308 g/mol. The zero-order valence-corrected chi connectivity index (χ0v) is 10.6. The van der Waals surface area contributed by atoms with Gasteiger partial charge in [-0.2, -0.15) is 0 Å². The molecule has 0 aliphatic rings. The normalized spacial score (nSPS) is 11.1. The summed E-state index contributed by atoms with van der Waals surface area (Å²) in [6.45, 7) is 0. The largest absolute Gasteiger partial charge is 0.338 e. The van der Waals surface area contributed by atoms with Crippen LogP contribution < -0.4 is 0 Å². The Morgan fingerprint density at radius 2 is 1.83 bits per heavy atom. The molecule has 1 N–H and O–H groups in total. The van der Waals surface area contributed by atoms with E-state index in [1.165, 1.54) is 6.07 Å². The molecule has 0 saturated carbocycles. The van der Waals surface area contributed by atoms with Crippen molar-refractivity contribution in [3.05, 3.63) is 52.5 Å². The van der Waals surface area contributed by atoms with E-state index >= 15 is 0 Å². The topological polar surface area (TPSA) is 28.7 Å². The van der Waals surface area contributed by atoms with Crippen molar-refractivity contribution in [1.29, 1.82) is 0 Å². The van der Waals surface area contributed by atoms with Gasteiger partial charge in [0, 0.05) is 10.0 Å². The van der Waals surface area contributed by atoms with Crippen molar-refractivity contribution in [2.24, 2.45) is 0 Å². The van der Waals surface area contributed by atoms with E-state index in [0.717, 1.165) is 27.6 Å². The smallest absolute Gasteiger partial charge is 0.159 e. The van der Waals surface area contributed by atoms with Crippen LogP contribution in [0.3, 0.4) is 0 Å². The van der Waals surface area contributed by atoms with Crippen molar-refractivity contribution in [2.75, 3.05) is 0 Å². The summed E-state index contributed by atoms with van der Waals surface area (Å²) in [5, 5.41) is 0. The molecule has 18 heavy (non-hydrogen) atoms. The van der Waals surface area contributed by atoms with E-state index in [0.29, 0.717) is 11.4 Å². The molecule has 2 aromatic carbocycles. The van der Waals surface area contributed by atoms with Crippen molar-refractivity contribution in [3.63, 3.8) is 0 Å². The van der Waals surface area contributed by atoms with Gasteiger partial charge in [0.2, 0.25) is 0 Å². The van der Waals surface area contributed by atoms with E-state index < -0.39 is 11.6 Å². The molecular weight excluding hydrogens is 302 g/mol. The van der Waals surface area contributed by atoms with E-state index in [-0.39, 0.29) is 0 Å². The van der Waals surface area contributed by atoms with E-state index in [1.54, 1.807) is 0 Å². The molecule has 1 heterocycles. The molecule has 0 fully saturated rings. The maximum Gasteiger partial charge on any atom is 0.159 e. The predicted molar refractivity (Wildman–Crippen MR) is 69.1 cm³/mol. The third-order valence-electron chi connectivity index (χ3n) is 2.64. The number of hydrogen-bond acceptors (Lipinski definition) is 1. The highest BCUT2D eigenvalue weighted by Gasteiger charge is 2.08. The number of nitrogens with zero attached hydrogens (tertiary/aromatic N) is 1. The van der Waals surface area contributed by atoms with Crippen LogP contribution in [-0.4, -0.2) is 9.97 Å². The first-order valence-electron chi connectivity index (χ1n) is 5.24. The minimum atomic E-state index is -0.880. The van der Waals surface area contributed by atoms with Crippen molar-refractivity contribution < 1.29 is 8.78 Å². The van der Waals surface area contributed by atoms with Crippen LogP contribution in [0.4, 0.5) is 8.78 Å². The Kier molecular flexibility index (Phi) is 2.63. The second-order valence-corrected chi connectivity index (χ2v) is 4.79. The van der Waals surface area contributed by atoms with Crippen LogP contribution >= 0.6 is 15.9 Å². The minimum absolute atomic E-state index is 0.515. The molecule has 5 heteroatoms. The van der Waals surface area contributed by atoms with Crippen LogP contribution in [0.15, 0.2) is 40.9 Å². The highest BCUT2D eigenvalue weighted by atomic mass is 79.9. The lowest BCUT2D eigenvalue weighted by Crippen LogP contribution is -1.86. The number of aromatic nitrogens is 2. The molecule has 0 amide bonds. The lowest BCUT2D eigenvalue weighted by atomic mass is 10.2. The zero-order valence-electron chi connectivity index (χ0n) is 9.05. The summed E-state index contributed by atoms with van der Waals surface area (Å²) in [4.78, 5) is 7.40. The van der Waals surface area contributed by atoms with Crippen molar-refractivity contribution >= 4 is 27.0 Å². The molecule has 0 unspecified atom stereocenters. The molecule has 0 aliphatic carbocycles. The van der Waals surface area contributed by atoms with Gasteiger partial charge in [0.1, 0.15) is 5.82 Å². The Labute approximate surface area is 110 Å². The first kappa shape index (κ1) is 11.3. The average Bonchev–Trinajstić information content (AvgIpc) is 2.75. The third-order valence-corrected chi connectivity index (χ3v) is 3.13. The fourth-order valence-corrected chi connectivity index (χ4v) is 2.12. The summed E-state index contributed by atoms with van der Waals surface area (Å²) < 4.78 is 26.9. The van der Waals surface area contributed by atoms with E-state index in [4.69, 9.17) is 0 Å². The highest BCUT2D eigenvalue weighted by molar-refractivity contribution is 9.10. The van der Waals surface area contributed by atoms with Gasteiger partial charge in [-0.3, -0.25) is 0 Å². The number of H-pyrrole nitrogens is 1. The van der Waals surface area contributed by atoms with Crippen LogP contribution in [0.25, 0.3) is 22.4 Å². The molecule has 0 atom stereocenters. The molecule has 0 spiro atoms. The van der Waals surface area contributed by atoms with Gasteiger partial charge >= 0.3 is 0 Å². The van der Waals surface area contributed by atoms with Crippen molar-refractivity contribution in [1.82, 2.24) is 9.97 Å². The number of benzene rings is 2. The molecule has 3 aromatic rings. The van der Waals surface area contributed by atoms with E-state index in [2.05, 4.69) is 25.9 Å². The van der Waals surface area contributed by atoms with Gasteiger partial charge in [-0.05, 0) is 36.4 Å². The highest BCUT2D eigenvalue weighted by Crippen LogP contribution is 2.24. The van der Waals surface area contributed by atoms with Gasteiger partial charge in [0.15, 0.2) is 11.6 Å². The molecule has 0 radical (unpaired) electrons. The molecule has 0 bridgehead atoms. The van der Waals surface area contributed by atoms with E-state index in [9.17, 15) is 8.78 Å². The van der Waals surface area contributed by atoms with Gasteiger partial charge in [-0.15, -0.1) is 0 Å². The molecule has 3 rings (SSSR count). The van der Waals surface area contributed by atoms with Gasteiger partial charge in [0.05, 0.1) is 11.0 Å². The summed E-state index contributed by atoms with van der Waals surface area (Å²) in [5.41, 5.74) is 2.13. The first-order chi connectivity index (χ1) is 8.63. The molecular formula is C13H7BrF2N2. The average molecular weight is 309 g/mol.